The van der Waals surface area contributed by atoms with Crippen LogP contribution in [-0.2, 0) is 16.1 Å². The Morgan fingerprint density at radius 3 is 3.06 bits per heavy atom. The Balaban J connectivity index is 1.85. The van der Waals surface area contributed by atoms with Gasteiger partial charge in [-0.25, -0.2) is 0 Å². The highest BCUT2D eigenvalue weighted by Crippen LogP contribution is 2.20. The number of hydrogen-bond donors (Lipinski definition) is 1. The second kappa shape index (κ2) is 5.96. The summed E-state index contributed by atoms with van der Waals surface area (Å²) in [5, 5.41) is 2.96. The molecule has 0 aliphatic carbocycles. The van der Waals surface area contributed by atoms with Crippen molar-refractivity contribution in [2.24, 2.45) is 5.92 Å². The first-order valence-corrected chi connectivity index (χ1v) is 6.47. The normalized spacial score (nSPS) is 23.7. The monoisotopic (exact) mass is 248 g/mol. The van der Waals surface area contributed by atoms with Gasteiger partial charge in [0, 0.05) is 25.0 Å². The molecule has 1 N–H and O–H groups in total. The highest BCUT2D eigenvalue weighted by atomic mass is 16.5. The minimum Gasteiger partial charge on any atom is -0.378 e. The number of rotatable bonds is 3. The van der Waals surface area contributed by atoms with Gasteiger partial charge in [0.05, 0.1) is 12.0 Å². The minimum atomic E-state index is -0.0165. The first kappa shape index (κ1) is 13.0. The van der Waals surface area contributed by atoms with Crippen molar-refractivity contribution in [2.45, 2.75) is 39.3 Å². The lowest BCUT2D eigenvalue weighted by Crippen LogP contribution is -2.39. The first-order chi connectivity index (χ1) is 8.66. The molecule has 4 heteroatoms. The van der Waals surface area contributed by atoms with Gasteiger partial charge >= 0.3 is 0 Å². The van der Waals surface area contributed by atoms with Crippen molar-refractivity contribution in [1.29, 1.82) is 0 Å². The molecule has 1 amide bonds. The van der Waals surface area contributed by atoms with Gasteiger partial charge in [-0.15, -0.1) is 0 Å². The predicted molar refractivity (Wildman–Crippen MR) is 69.0 cm³/mol. The van der Waals surface area contributed by atoms with Crippen molar-refractivity contribution >= 4 is 5.91 Å². The van der Waals surface area contributed by atoms with Gasteiger partial charge in [-0.2, -0.15) is 0 Å². The summed E-state index contributed by atoms with van der Waals surface area (Å²) >= 11 is 0. The number of ether oxygens (including phenoxy) is 1. The van der Waals surface area contributed by atoms with E-state index in [-0.39, 0.29) is 17.9 Å². The zero-order valence-corrected chi connectivity index (χ0v) is 11.0. The lowest BCUT2D eigenvalue weighted by molar-refractivity contribution is -0.133. The number of aromatic nitrogens is 1. The topological polar surface area (TPSA) is 51.2 Å². The molecule has 2 unspecified atom stereocenters. The second-order valence-corrected chi connectivity index (χ2v) is 4.85. The zero-order chi connectivity index (χ0) is 13.0. The van der Waals surface area contributed by atoms with Gasteiger partial charge in [-0.3, -0.25) is 9.78 Å². The van der Waals surface area contributed by atoms with Gasteiger partial charge < -0.3 is 10.1 Å². The number of nitrogens with zero attached hydrogens (tertiary/aromatic N) is 1. The van der Waals surface area contributed by atoms with Gasteiger partial charge in [0.15, 0.2) is 0 Å². The van der Waals surface area contributed by atoms with Crippen molar-refractivity contribution in [1.82, 2.24) is 10.3 Å². The van der Waals surface area contributed by atoms with Crippen molar-refractivity contribution in [3.8, 4) is 0 Å². The molecule has 1 fully saturated rings. The van der Waals surface area contributed by atoms with Crippen LogP contribution in [0.5, 0.6) is 0 Å². The van der Waals surface area contributed by atoms with Crippen molar-refractivity contribution in [3.05, 3.63) is 29.6 Å². The Kier molecular flexibility index (Phi) is 4.31. The number of nitrogens with one attached hydrogen (secondary N) is 1. The Labute approximate surface area is 108 Å². The van der Waals surface area contributed by atoms with E-state index in [9.17, 15) is 4.79 Å². The average Bonchev–Trinajstić information content (AvgIpc) is 2.38. The van der Waals surface area contributed by atoms with E-state index in [4.69, 9.17) is 4.74 Å². The summed E-state index contributed by atoms with van der Waals surface area (Å²) in [5.41, 5.74) is 2.01. The predicted octanol–water partition coefficient (Wildman–Crippen LogP) is 1.82. The number of amides is 1. The van der Waals surface area contributed by atoms with Gasteiger partial charge in [0.25, 0.3) is 0 Å². The molecular weight excluding hydrogens is 228 g/mol. The van der Waals surface area contributed by atoms with E-state index in [1.165, 1.54) is 0 Å². The van der Waals surface area contributed by atoms with E-state index in [2.05, 4.69) is 10.3 Å². The van der Waals surface area contributed by atoms with Crippen LogP contribution in [0.2, 0.25) is 0 Å². The standard InChI is InChI=1S/C14H20N2O2/c1-10-5-6-12(8-15-10)9-16-14(17)13-4-3-7-18-11(13)2/h5-6,8,11,13H,3-4,7,9H2,1-2H3,(H,16,17). The number of carbonyl (C=O) groups excluding carboxylic acids is 1. The number of aryl methyl sites for hydroxylation is 1. The van der Waals surface area contributed by atoms with Gasteiger partial charge in [-0.1, -0.05) is 6.07 Å². The summed E-state index contributed by atoms with van der Waals surface area (Å²) in [6.45, 7) is 5.22. The largest absolute Gasteiger partial charge is 0.378 e. The van der Waals surface area contributed by atoms with Gasteiger partial charge in [0.1, 0.15) is 0 Å². The van der Waals surface area contributed by atoms with Crippen LogP contribution in [0, 0.1) is 12.8 Å². The molecule has 1 aliphatic rings. The summed E-state index contributed by atoms with van der Waals surface area (Å²) in [6, 6.07) is 3.94. The van der Waals surface area contributed by atoms with Crippen LogP contribution in [0.25, 0.3) is 0 Å². The summed E-state index contributed by atoms with van der Waals surface area (Å²) in [7, 11) is 0. The molecule has 98 valence electrons. The highest BCUT2D eigenvalue weighted by Gasteiger charge is 2.28. The third-order valence-electron chi connectivity index (χ3n) is 3.38. The highest BCUT2D eigenvalue weighted by molar-refractivity contribution is 5.79. The molecule has 0 spiro atoms. The third-order valence-corrected chi connectivity index (χ3v) is 3.38. The summed E-state index contributed by atoms with van der Waals surface area (Å²) in [5.74, 6) is 0.0694. The molecule has 1 aliphatic heterocycles. The average molecular weight is 248 g/mol. The molecule has 4 nitrogen and oxygen atoms in total. The fourth-order valence-corrected chi connectivity index (χ4v) is 2.19. The van der Waals surface area contributed by atoms with Crippen molar-refractivity contribution in [3.63, 3.8) is 0 Å². The fraction of sp³-hybridized carbons (Fsp3) is 0.571. The van der Waals surface area contributed by atoms with Crippen LogP contribution in [0.1, 0.15) is 31.0 Å². The molecule has 1 aromatic heterocycles. The second-order valence-electron chi connectivity index (χ2n) is 4.85. The molecule has 1 saturated heterocycles. The molecule has 18 heavy (non-hydrogen) atoms. The Hall–Kier alpha value is -1.42. The van der Waals surface area contributed by atoms with E-state index in [1.54, 1.807) is 6.20 Å². The van der Waals surface area contributed by atoms with E-state index in [0.29, 0.717) is 6.54 Å². The number of carbonyl (C=O) groups is 1. The van der Waals surface area contributed by atoms with E-state index >= 15 is 0 Å². The SMILES string of the molecule is Cc1ccc(CNC(=O)C2CCCOC2C)cn1. The smallest absolute Gasteiger partial charge is 0.225 e. The van der Waals surface area contributed by atoms with Gasteiger partial charge in [0.2, 0.25) is 5.91 Å². The quantitative estimate of drug-likeness (QED) is 0.887. The van der Waals surface area contributed by atoms with Crippen LogP contribution in [0.15, 0.2) is 18.3 Å². The lowest BCUT2D eigenvalue weighted by atomic mass is 9.94. The number of pyridine rings is 1. The maximum Gasteiger partial charge on any atom is 0.225 e. The van der Waals surface area contributed by atoms with Crippen LogP contribution in [0.4, 0.5) is 0 Å². The Morgan fingerprint density at radius 1 is 1.56 bits per heavy atom. The molecule has 0 aromatic carbocycles. The fourth-order valence-electron chi connectivity index (χ4n) is 2.19. The Morgan fingerprint density at radius 2 is 2.39 bits per heavy atom. The molecule has 1 aromatic rings. The molecule has 0 saturated carbocycles. The maximum absolute atomic E-state index is 12.0. The molecule has 2 atom stereocenters. The molecule has 2 heterocycles. The van der Waals surface area contributed by atoms with Crippen LogP contribution >= 0.6 is 0 Å². The maximum atomic E-state index is 12.0. The molecule has 0 bridgehead atoms. The van der Waals surface area contributed by atoms with Gasteiger partial charge in [-0.05, 0) is 38.3 Å². The Bertz CT molecular complexity index is 403. The first-order valence-electron chi connectivity index (χ1n) is 6.47. The van der Waals surface area contributed by atoms with Crippen molar-refractivity contribution < 1.29 is 9.53 Å². The summed E-state index contributed by atoms with van der Waals surface area (Å²) in [6.07, 6.45) is 3.71. The van der Waals surface area contributed by atoms with Crippen LogP contribution < -0.4 is 5.32 Å². The van der Waals surface area contributed by atoms with Crippen molar-refractivity contribution in [2.75, 3.05) is 6.61 Å². The number of hydrogen-bond acceptors (Lipinski definition) is 3. The molecular formula is C14H20N2O2. The van der Waals surface area contributed by atoms with Crippen LogP contribution in [-0.4, -0.2) is 23.6 Å². The molecule has 2 rings (SSSR count). The van der Waals surface area contributed by atoms with E-state index in [1.807, 2.05) is 26.0 Å². The van der Waals surface area contributed by atoms with Crippen LogP contribution in [0.3, 0.4) is 0 Å². The third kappa shape index (κ3) is 3.29. The minimum absolute atomic E-state index is 0.0165. The van der Waals surface area contributed by atoms with E-state index in [0.717, 1.165) is 30.7 Å². The summed E-state index contributed by atoms with van der Waals surface area (Å²) in [4.78, 5) is 16.2. The molecule has 0 radical (unpaired) electrons. The summed E-state index contributed by atoms with van der Waals surface area (Å²) < 4.78 is 5.51. The van der Waals surface area contributed by atoms with E-state index < -0.39 is 0 Å². The lowest BCUT2D eigenvalue weighted by Gasteiger charge is -2.28. The zero-order valence-electron chi connectivity index (χ0n) is 11.0.